The average Bonchev–Trinajstić information content (AvgIpc) is 2.38. The van der Waals surface area contributed by atoms with E-state index in [0.717, 1.165) is 5.56 Å². The molecule has 8 heteroatoms. The smallest absolute Gasteiger partial charge is 0.266 e. The van der Waals surface area contributed by atoms with E-state index >= 15 is 0 Å². The van der Waals surface area contributed by atoms with Crippen molar-refractivity contribution in [2.45, 2.75) is 11.8 Å². The fourth-order valence-corrected chi connectivity index (χ4v) is 2.98. The molecule has 0 radical (unpaired) electrons. The highest BCUT2D eigenvalue weighted by Gasteiger charge is 2.20. The third kappa shape index (κ3) is 3.17. The number of methoxy groups -OCH3 is 1. The topological polar surface area (TPSA) is 81.2 Å². The molecule has 6 nitrogen and oxygen atoms in total. The number of rotatable bonds is 4. The quantitative estimate of drug-likeness (QED) is 0.876. The number of halogens is 1. The Morgan fingerprint density at radius 2 is 2.05 bits per heavy atom. The first kappa shape index (κ1) is 14.5. The molecule has 1 aromatic carbocycles. The highest BCUT2D eigenvalue weighted by atomic mass is 35.5. The zero-order valence-electron chi connectivity index (χ0n) is 10.8. The van der Waals surface area contributed by atoms with Crippen LogP contribution in [0.25, 0.3) is 0 Å². The Bertz CT molecular complexity index is 734. The fraction of sp³-hybridized carbons (Fsp3) is 0.167. The highest BCUT2D eigenvalue weighted by Crippen LogP contribution is 2.26. The third-order valence-electron chi connectivity index (χ3n) is 2.47. The van der Waals surface area contributed by atoms with Crippen LogP contribution in [0.2, 0.25) is 5.28 Å². The van der Waals surface area contributed by atoms with Gasteiger partial charge in [0, 0.05) is 6.20 Å². The molecule has 0 aliphatic rings. The van der Waals surface area contributed by atoms with Gasteiger partial charge in [0.25, 0.3) is 10.0 Å². The van der Waals surface area contributed by atoms with Gasteiger partial charge in [-0.05, 0) is 42.3 Å². The van der Waals surface area contributed by atoms with E-state index in [1.54, 1.807) is 19.1 Å². The monoisotopic (exact) mass is 313 g/mol. The SMILES string of the molecule is COc1ccc(C)cc1S(=O)(=O)Nc1ccnc(Cl)n1. The standard InChI is InChI=1S/C12H12ClN3O3S/c1-8-3-4-9(19-2)10(7-8)20(17,18)16-11-5-6-14-12(13)15-11/h3-7H,1-2H3,(H,14,15,16). The second-order valence-electron chi connectivity index (χ2n) is 3.97. The maximum Gasteiger partial charge on any atom is 0.266 e. The molecule has 2 aromatic rings. The first-order valence-electron chi connectivity index (χ1n) is 5.58. The molecule has 20 heavy (non-hydrogen) atoms. The van der Waals surface area contributed by atoms with Gasteiger partial charge in [-0.1, -0.05) is 6.07 Å². The summed E-state index contributed by atoms with van der Waals surface area (Å²) < 4.78 is 32.1. The molecule has 0 amide bonds. The molecule has 2 rings (SSSR count). The fourth-order valence-electron chi connectivity index (χ4n) is 1.58. The normalized spacial score (nSPS) is 11.2. The Kier molecular flexibility index (Phi) is 4.10. The first-order chi connectivity index (χ1) is 9.42. The predicted molar refractivity (Wildman–Crippen MR) is 75.6 cm³/mol. The Morgan fingerprint density at radius 3 is 2.70 bits per heavy atom. The lowest BCUT2D eigenvalue weighted by molar-refractivity contribution is 0.402. The number of benzene rings is 1. The minimum Gasteiger partial charge on any atom is -0.495 e. The van der Waals surface area contributed by atoms with Crippen LogP contribution in [0.3, 0.4) is 0 Å². The van der Waals surface area contributed by atoms with Gasteiger partial charge in [-0.3, -0.25) is 4.72 Å². The second kappa shape index (κ2) is 5.64. The van der Waals surface area contributed by atoms with Crippen molar-refractivity contribution < 1.29 is 13.2 Å². The van der Waals surface area contributed by atoms with Gasteiger partial charge in [0.2, 0.25) is 5.28 Å². The van der Waals surface area contributed by atoms with Gasteiger partial charge in [-0.15, -0.1) is 0 Å². The van der Waals surface area contributed by atoms with Crippen LogP contribution >= 0.6 is 11.6 Å². The van der Waals surface area contributed by atoms with Crippen LogP contribution in [0, 0.1) is 6.92 Å². The number of sulfonamides is 1. The number of aromatic nitrogens is 2. The summed E-state index contributed by atoms with van der Waals surface area (Å²) in [6.45, 7) is 1.79. The van der Waals surface area contributed by atoms with Crippen molar-refractivity contribution in [3.8, 4) is 5.75 Å². The molecule has 106 valence electrons. The largest absolute Gasteiger partial charge is 0.495 e. The van der Waals surface area contributed by atoms with E-state index in [2.05, 4.69) is 14.7 Å². The Morgan fingerprint density at radius 1 is 1.30 bits per heavy atom. The van der Waals surface area contributed by atoms with E-state index in [1.807, 2.05) is 0 Å². The maximum absolute atomic E-state index is 12.4. The van der Waals surface area contributed by atoms with Gasteiger partial charge in [0.15, 0.2) is 0 Å². The Labute approximate surface area is 121 Å². The van der Waals surface area contributed by atoms with Crippen molar-refractivity contribution in [3.05, 3.63) is 41.3 Å². The predicted octanol–water partition coefficient (Wildman–Crippen LogP) is 2.25. The number of aryl methyl sites for hydroxylation is 1. The summed E-state index contributed by atoms with van der Waals surface area (Å²) in [5, 5.41) is -0.0404. The lowest BCUT2D eigenvalue weighted by Gasteiger charge is -2.11. The van der Waals surface area contributed by atoms with Crippen molar-refractivity contribution in [1.29, 1.82) is 0 Å². The van der Waals surface area contributed by atoms with Gasteiger partial charge < -0.3 is 4.74 Å². The summed E-state index contributed by atoms with van der Waals surface area (Å²) in [5.41, 5.74) is 0.798. The van der Waals surface area contributed by atoms with Crippen molar-refractivity contribution in [2.24, 2.45) is 0 Å². The van der Waals surface area contributed by atoms with Gasteiger partial charge in [-0.2, -0.15) is 4.98 Å². The van der Waals surface area contributed by atoms with E-state index in [-0.39, 0.29) is 21.7 Å². The number of hydrogen-bond donors (Lipinski definition) is 1. The molecule has 0 aliphatic carbocycles. The van der Waals surface area contributed by atoms with Crippen LogP contribution in [-0.2, 0) is 10.0 Å². The van der Waals surface area contributed by atoms with E-state index in [0.29, 0.717) is 0 Å². The number of hydrogen-bond acceptors (Lipinski definition) is 5. The molecule has 0 unspecified atom stereocenters. The molecule has 0 saturated heterocycles. The van der Waals surface area contributed by atoms with Crippen LogP contribution < -0.4 is 9.46 Å². The summed E-state index contributed by atoms with van der Waals surface area (Å²) in [6, 6.07) is 6.28. The first-order valence-corrected chi connectivity index (χ1v) is 7.44. The Balaban J connectivity index is 2.43. The van der Waals surface area contributed by atoms with E-state index in [9.17, 15) is 8.42 Å². The number of ether oxygens (including phenoxy) is 1. The lowest BCUT2D eigenvalue weighted by Crippen LogP contribution is -2.15. The molecule has 0 spiro atoms. The molecule has 1 heterocycles. The maximum atomic E-state index is 12.4. The number of nitrogens with one attached hydrogen (secondary N) is 1. The van der Waals surface area contributed by atoms with E-state index in [4.69, 9.17) is 16.3 Å². The zero-order valence-corrected chi connectivity index (χ0v) is 12.4. The van der Waals surface area contributed by atoms with Crippen LogP contribution in [0.4, 0.5) is 5.82 Å². The molecule has 0 aliphatic heterocycles. The summed E-state index contributed by atoms with van der Waals surface area (Å²) in [6.07, 6.45) is 1.36. The molecule has 0 atom stereocenters. The molecule has 1 aromatic heterocycles. The van der Waals surface area contributed by atoms with Crippen molar-refractivity contribution in [1.82, 2.24) is 9.97 Å². The minimum absolute atomic E-state index is 0.0368. The van der Waals surface area contributed by atoms with Crippen LogP contribution in [0.1, 0.15) is 5.56 Å². The highest BCUT2D eigenvalue weighted by molar-refractivity contribution is 7.92. The summed E-state index contributed by atoms with van der Waals surface area (Å²) >= 11 is 5.62. The van der Waals surface area contributed by atoms with Crippen LogP contribution in [-0.4, -0.2) is 25.5 Å². The van der Waals surface area contributed by atoms with Gasteiger partial charge in [0.1, 0.15) is 16.5 Å². The lowest BCUT2D eigenvalue weighted by atomic mass is 10.2. The molecular weight excluding hydrogens is 302 g/mol. The van der Waals surface area contributed by atoms with Crippen molar-refractivity contribution in [3.63, 3.8) is 0 Å². The summed E-state index contributed by atoms with van der Waals surface area (Å²) in [5.74, 6) is 0.344. The molecule has 1 N–H and O–H groups in total. The third-order valence-corrected chi connectivity index (χ3v) is 4.03. The molecule has 0 fully saturated rings. The van der Waals surface area contributed by atoms with Crippen LogP contribution in [0.5, 0.6) is 5.75 Å². The van der Waals surface area contributed by atoms with E-state index in [1.165, 1.54) is 25.4 Å². The summed E-state index contributed by atoms with van der Waals surface area (Å²) in [7, 11) is -2.41. The molecule has 0 saturated carbocycles. The van der Waals surface area contributed by atoms with Gasteiger partial charge >= 0.3 is 0 Å². The second-order valence-corrected chi connectivity index (χ2v) is 5.96. The van der Waals surface area contributed by atoms with Gasteiger partial charge in [0.05, 0.1) is 7.11 Å². The molecule has 0 bridgehead atoms. The average molecular weight is 314 g/mol. The number of anilines is 1. The van der Waals surface area contributed by atoms with Crippen molar-refractivity contribution in [2.75, 3.05) is 11.8 Å². The molecular formula is C12H12ClN3O3S. The van der Waals surface area contributed by atoms with Gasteiger partial charge in [-0.25, -0.2) is 13.4 Å². The van der Waals surface area contributed by atoms with Crippen molar-refractivity contribution >= 4 is 27.4 Å². The minimum atomic E-state index is -3.82. The van der Waals surface area contributed by atoms with Crippen LogP contribution in [0.15, 0.2) is 35.4 Å². The number of nitrogens with zero attached hydrogens (tertiary/aromatic N) is 2. The summed E-state index contributed by atoms with van der Waals surface area (Å²) in [4.78, 5) is 7.51. The zero-order chi connectivity index (χ0) is 14.8. The Hall–Kier alpha value is -1.86. The van der Waals surface area contributed by atoms with E-state index < -0.39 is 10.0 Å².